The molecule has 1 heterocycles. The van der Waals surface area contributed by atoms with Crippen molar-refractivity contribution in [1.82, 2.24) is 0 Å². The molecule has 0 spiro atoms. The van der Waals surface area contributed by atoms with Crippen molar-refractivity contribution in [2.75, 3.05) is 13.2 Å². The lowest BCUT2D eigenvalue weighted by molar-refractivity contribution is -0.141. The minimum absolute atomic E-state index is 0.0135. The summed E-state index contributed by atoms with van der Waals surface area (Å²) >= 11 is 0. The van der Waals surface area contributed by atoms with Crippen LogP contribution in [0.1, 0.15) is 13.8 Å². The summed E-state index contributed by atoms with van der Waals surface area (Å²) in [6.07, 6.45) is -0.827. The predicted molar refractivity (Wildman–Crippen MR) is 45.8 cm³/mol. The number of rotatable bonds is 3. The molecule has 16 heavy (non-hydrogen) atoms. The molecule has 0 amide bonds. The zero-order valence-corrected chi connectivity index (χ0v) is 9.39. The molecular weight excluding hydrogens is 253 g/mol. The van der Waals surface area contributed by atoms with E-state index in [-0.39, 0.29) is 6.61 Å². The Morgan fingerprint density at radius 2 is 2.00 bits per heavy atom. The Hall–Kier alpha value is -0.380. The number of hydrogen-bond acceptors (Lipinski definition) is 5. The van der Waals surface area contributed by atoms with Crippen LogP contribution >= 0.6 is 0 Å². The average molecular weight is 264 g/mol. The van der Waals surface area contributed by atoms with E-state index in [1.165, 1.54) is 0 Å². The third kappa shape index (κ3) is 3.30. The largest absolute Gasteiger partial charge is 0.523 e. The van der Waals surface area contributed by atoms with E-state index in [0.717, 1.165) is 0 Å². The van der Waals surface area contributed by atoms with Crippen molar-refractivity contribution in [2.45, 2.75) is 31.2 Å². The first-order chi connectivity index (χ1) is 7.04. The van der Waals surface area contributed by atoms with Crippen molar-refractivity contribution < 1.29 is 35.2 Å². The smallest absolute Gasteiger partial charge is 0.348 e. The van der Waals surface area contributed by atoms with Gasteiger partial charge in [-0.3, -0.25) is 4.18 Å². The summed E-state index contributed by atoms with van der Waals surface area (Å²) in [5.41, 5.74) is -5.41. The molecule has 0 aliphatic carbocycles. The maximum atomic E-state index is 11.9. The van der Waals surface area contributed by atoms with Gasteiger partial charge < -0.3 is 9.47 Å². The van der Waals surface area contributed by atoms with Crippen molar-refractivity contribution in [3.63, 3.8) is 0 Å². The average Bonchev–Trinajstić information content (AvgIpc) is 2.40. The molecule has 1 aliphatic rings. The minimum Gasteiger partial charge on any atom is -0.348 e. The molecule has 0 unspecified atom stereocenters. The maximum Gasteiger partial charge on any atom is 0.523 e. The van der Waals surface area contributed by atoms with E-state index in [0.29, 0.717) is 0 Å². The number of hydrogen-bond donors (Lipinski definition) is 0. The first-order valence-electron chi connectivity index (χ1n) is 4.31. The van der Waals surface area contributed by atoms with Crippen LogP contribution < -0.4 is 0 Å². The first-order valence-corrected chi connectivity index (χ1v) is 5.72. The van der Waals surface area contributed by atoms with Crippen LogP contribution in [0.3, 0.4) is 0 Å². The summed E-state index contributed by atoms with van der Waals surface area (Å²) < 4.78 is 70.6. The molecule has 0 saturated carbocycles. The lowest BCUT2D eigenvalue weighted by atomic mass is 10.4. The Bertz CT molecular complexity index is 348. The summed E-state index contributed by atoms with van der Waals surface area (Å²) in [7, 11) is -5.56. The molecule has 1 atom stereocenters. The van der Waals surface area contributed by atoms with Gasteiger partial charge in [-0.1, -0.05) is 0 Å². The molecule has 1 rings (SSSR count). The van der Waals surface area contributed by atoms with Crippen molar-refractivity contribution >= 4 is 10.1 Å². The van der Waals surface area contributed by atoms with Crippen LogP contribution in [-0.2, 0) is 23.8 Å². The van der Waals surface area contributed by atoms with Gasteiger partial charge in [0.25, 0.3) is 0 Å². The summed E-state index contributed by atoms with van der Waals surface area (Å²) in [5, 5.41) is 0. The van der Waals surface area contributed by atoms with Gasteiger partial charge in [0, 0.05) is 0 Å². The Balaban J connectivity index is 2.48. The SMILES string of the molecule is CC1(C)OC[C@H](COS(=O)(=O)C(F)(F)F)O1. The lowest BCUT2D eigenvalue weighted by Gasteiger charge is -2.17. The molecule has 9 heteroatoms. The second-order valence-electron chi connectivity index (χ2n) is 3.64. The van der Waals surface area contributed by atoms with E-state index >= 15 is 0 Å². The van der Waals surface area contributed by atoms with E-state index in [4.69, 9.17) is 9.47 Å². The topological polar surface area (TPSA) is 61.8 Å². The molecule has 0 radical (unpaired) electrons. The summed E-state index contributed by atoms with van der Waals surface area (Å²) in [5.74, 6) is -0.935. The van der Waals surface area contributed by atoms with E-state index in [9.17, 15) is 21.6 Å². The minimum atomic E-state index is -5.56. The predicted octanol–water partition coefficient (Wildman–Crippen LogP) is 1.00. The molecule has 0 aromatic heterocycles. The quantitative estimate of drug-likeness (QED) is 0.562. The highest BCUT2D eigenvalue weighted by atomic mass is 32.2. The Morgan fingerprint density at radius 3 is 2.38 bits per heavy atom. The fraction of sp³-hybridized carbons (Fsp3) is 1.00. The van der Waals surface area contributed by atoms with Crippen LogP contribution in [0.5, 0.6) is 0 Å². The van der Waals surface area contributed by atoms with E-state index < -0.39 is 34.1 Å². The van der Waals surface area contributed by atoms with Gasteiger partial charge in [-0.25, -0.2) is 0 Å². The van der Waals surface area contributed by atoms with Gasteiger partial charge in [0.1, 0.15) is 6.10 Å². The van der Waals surface area contributed by atoms with Gasteiger partial charge in [0.2, 0.25) is 0 Å². The van der Waals surface area contributed by atoms with Crippen LogP contribution in [-0.4, -0.2) is 39.0 Å². The fourth-order valence-corrected chi connectivity index (χ4v) is 1.54. The van der Waals surface area contributed by atoms with Gasteiger partial charge in [0.15, 0.2) is 5.79 Å². The van der Waals surface area contributed by atoms with E-state index in [1.54, 1.807) is 13.8 Å². The number of ether oxygens (including phenoxy) is 2. The van der Waals surface area contributed by atoms with Crippen molar-refractivity contribution in [3.05, 3.63) is 0 Å². The van der Waals surface area contributed by atoms with E-state index in [1.807, 2.05) is 0 Å². The van der Waals surface area contributed by atoms with Crippen LogP contribution in [0.25, 0.3) is 0 Å². The van der Waals surface area contributed by atoms with Crippen LogP contribution in [0.4, 0.5) is 13.2 Å². The van der Waals surface area contributed by atoms with Gasteiger partial charge in [-0.15, -0.1) is 0 Å². The Kier molecular flexibility index (Phi) is 3.53. The summed E-state index contributed by atoms with van der Waals surface area (Å²) in [6.45, 7) is 2.39. The molecular formula is C7H11F3O5S. The van der Waals surface area contributed by atoms with Crippen molar-refractivity contribution in [3.8, 4) is 0 Å². The van der Waals surface area contributed by atoms with E-state index in [2.05, 4.69) is 4.18 Å². The lowest BCUT2D eigenvalue weighted by Crippen LogP contribution is -2.30. The third-order valence-electron chi connectivity index (χ3n) is 1.76. The van der Waals surface area contributed by atoms with Gasteiger partial charge in [0.05, 0.1) is 13.2 Å². The molecule has 0 aromatic carbocycles. The van der Waals surface area contributed by atoms with Gasteiger partial charge in [-0.2, -0.15) is 21.6 Å². The third-order valence-corrected chi connectivity index (χ3v) is 2.77. The van der Waals surface area contributed by atoms with Crippen LogP contribution in [0.15, 0.2) is 0 Å². The highest BCUT2D eigenvalue weighted by Gasteiger charge is 2.48. The Morgan fingerprint density at radius 1 is 1.44 bits per heavy atom. The second-order valence-corrected chi connectivity index (χ2v) is 5.24. The zero-order chi connectivity index (χ0) is 12.6. The maximum absolute atomic E-state index is 11.9. The number of halogens is 3. The standard InChI is InChI=1S/C7H11F3O5S/c1-6(2)13-3-5(15-6)4-14-16(11,12)7(8,9)10/h5H,3-4H2,1-2H3/t5-/m1/s1. The van der Waals surface area contributed by atoms with Gasteiger partial charge >= 0.3 is 15.6 Å². The van der Waals surface area contributed by atoms with Crippen molar-refractivity contribution in [2.24, 2.45) is 0 Å². The fourth-order valence-electron chi connectivity index (χ4n) is 1.08. The summed E-state index contributed by atoms with van der Waals surface area (Å²) in [6, 6.07) is 0. The Labute approximate surface area is 90.6 Å². The number of alkyl halides is 3. The highest BCUT2D eigenvalue weighted by molar-refractivity contribution is 7.87. The molecule has 0 bridgehead atoms. The zero-order valence-electron chi connectivity index (χ0n) is 8.57. The molecule has 5 nitrogen and oxygen atoms in total. The molecule has 1 saturated heterocycles. The van der Waals surface area contributed by atoms with Gasteiger partial charge in [-0.05, 0) is 13.8 Å². The monoisotopic (exact) mass is 264 g/mol. The molecule has 0 aromatic rings. The van der Waals surface area contributed by atoms with Crippen LogP contribution in [0, 0.1) is 0 Å². The normalized spacial score (nSPS) is 25.9. The summed E-state index contributed by atoms with van der Waals surface area (Å²) in [4.78, 5) is 0. The highest BCUT2D eigenvalue weighted by Crippen LogP contribution is 2.27. The second kappa shape index (κ2) is 4.13. The molecule has 1 aliphatic heterocycles. The first kappa shape index (κ1) is 13.7. The molecule has 0 N–H and O–H groups in total. The van der Waals surface area contributed by atoms with Crippen LogP contribution in [0.2, 0.25) is 0 Å². The molecule has 1 fully saturated rings. The van der Waals surface area contributed by atoms with Crippen molar-refractivity contribution in [1.29, 1.82) is 0 Å². The molecule has 96 valence electrons.